The Labute approximate surface area is 88.1 Å². The van der Waals surface area contributed by atoms with Crippen LogP contribution in [0.1, 0.15) is 30.3 Å². The maximum Gasteiger partial charge on any atom is 0.291 e. The molecule has 0 spiro atoms. The van der Waals surface area contributed by atoms with Gasteiger partial charge in [-0.15, -0.1) is 5.10 Å². The van der Waals surface area contributed by atoms with E-state index in [1.54, 1.807) is 6.92 Å². The summed E-state index contributed by atoms with van der Waals surface area (Å²) in [6, 6.07) is 0. The van der Waals surface area contributed by atoms with Crippen LogP contribution in [0.4, 0.5) is 0 Å². The molecule has 6 heteroatoms. The zero-order chi connectivity index (χ0) is 11.4. The van der Waals surface area contributed by atoms with E-state index in [1.165, 1.54) is 0 Å². The molecule has 1 aromatic heterocycles. The molecular weight excluding hydrogens is 196 g/mol. The van der Waals surface area contributed by atoms with E-state index in [-0.39, 0.29) is 24.2 Å². The van der Waals surface area contributed by atoms with E-state index in [4.69, 9.17) is 0 Å². The van der Waals surface area contributed by atoms with Crippen LogP contribution in [0, 0.1) is 12.8 Å². The highest BCUT2D eigenvalue weighted by molar-refractivity contribution is 5.90. The molecule has 1 aromatic rings. The molecule has 0 saturated heterocycles. The van der Waals surface area contributed by atoms with Crippen molar-refractivity contribution < 1.29 is 9.90 Å². The fourth-order valence-corrected chi connectivity index (χ4v) is 0.956. The van der Waals surface area contributed by atoms with Gasteiger partial charge in [0, 0.05) is 6.54 Å². The van der Waals surface area contributed by atoms with Crippen molar-refractivity contribution in [1.29, 1.82) is 0 Å². The Morgan fingerprint density at radius 2 is 2.27 bits per heavy atom. The van der Waals surface area contributed by atoms with Crippen LogP contribution < -0.4 is 5.32 Å². The van der Waals surface area contributed by atoms with Crippen LogP contribution in [-0.2, 0) is 0 Å². The Hall–Kier alpha value is -1.43. The highest BCUT2D eigenvalue weighted by Gasteiger charge is 2.14. The number of amides is 1. The standard InChI is InChI=1S/C9H16N4O2/c1-5(2)7(14)4-10-9(15)8-11-6(3)12-13-8/h5,7,14H,4H2,1-3H3,(H,10,15)(H,11,12,13). The molecule has 0 aromatic carbocycles. The lowest BCUT2D eigenvalue weighted by Crippen LogP contribution is -2.35. The minimum absolute atomic E-state index is 0.100. The van der Waals surface area contributed by atoms with Crippen molar-refractivity contribution in [1.82, 2.24) is 20.5 Å². The average Bonchev–Trinajstić information content (AvgIpc) is 2.60. The SMILES string of the molecule is Cc1nc(C(=O)NCC(O)C(C)C)n[nH]1. The van der Waals surface area contributed by atoms with Crippen LogP contribution in [0.15, 0.2) is 0 Å². The first-order chi connectivity index (χ1) is 7.00. The van der Waals surface area contributed by atoms with Gasteiger partial charge in [0.15, 0.2) is 0 Å². The number of nitrogens with zero attached hydrogens (tertiary/aromatic N) is 2. The summed E-state index contributed by atoms with van der Waals surface area (Å²) in [5.74, 6) is 0.422. The van der Waals surface area contributed by atoms with Gasteiger partial charge in [0.05, 0.1) is 6.10 Å². The van der Waals surface area contributed by atoms with Gasteiger partial charge in [0.2, 0.25) is 5.82 Å². The van der Waals surface area contributed by atoms with Gasteiger partial charge >= 0.3 is 0 Å². The fourth-order valence-electron chi connectivity index (χ4n) is 0.956. The maximum atomic E-state index is 11.4. The first-order valence-electron chi connectivity index (χ1n) is 4.86. The number of H-pyrrole nitrogens is 1. The molecule has 1 atom stereocenters. The average molecular weight is 212 g/mol. The van der Waals surface area contributed by atoms with Crippen LogP contribution in [-0.4, -0.2) is 38.8 Å². The second-order valence-corrected chi connectivity index (χ2v) is 3.77. The number of aliphatic hydroxyl groups excluding tert-OH is 1. The van der Waals surface area contributed by atoms with Crippen molar-refractivity contribution in [2.45, 2.75) is 26.9 Å². The van der Waals surface area contributed by atoms with E-state index in [0.717, 1.165) is 0 Å². The first kappa shape index (κ1) is 11.6. The van der Waals surface area contributed by atoms with Crippen molar-refractivity contribution in [2.24, 2.45) is 5.92 Å². The van der Waals surface area contributed by atoms with Crippen molar-refractivity contribution in [2.75, 3.05) is 6.54 Å². The number of carbonyl (C=O) groups is 1. The van der Waals surface area contributed by atoms with E-state index in [0.29, 0.717) is 5.82 Å². The Balaban J connectivity index is 2.43. The number of aliphatic hydroxyl groups is 1. The molecular formula is C9H16N4O2. The normalized spacial score (nSPS) is 12.9. The molecule has 1 heterocycles. The molecule has 15 heavy (non-hydrogen) atoms. The third-order valence-electron chi connectivity index (χ3n) is 2.04. The van der Waals surface area contributed by atoms with E-state index in [1.807, 2.05) is 13.8 Å². The first-order valence-corrected chi connectivity index (χ1v) is 4.86. The Bertz CT molecular complexity index is 335. The van der Waals surface area contributed by atoms with Crippen molar-refractivity contribution in [3.63, 3.8) is 0 Å². The Morgan fingerprint density at radius 1 is 1.60 bits per heavy atom. The smallest absolute Gasteiger partial charge is 0.291 e. The van der Waals surface area contributed by atoms with Gasteiger partial charge in [0.25, 0.3) is 5.91 Å². The molecule has 0 aliphatic carbocycles. The lowest BCUT2D eigenvalue weighted by molar-refractivity contribution is 0.0862. The number of aryl methyl sites for hydroxylation is 1. The third kappa shape index (κ3) is 3.32. The molecule has 6 nitrogen and oxygen atoms in total. The molecule has 0 aliphatic rings. The number of carbonyl (C=O) groups excluding carboxylic acids is 1. The molecule has 0 bridgehead atoms. The summed E-state index contributed by atoms with van der Waals surface area (Å²) >= 11 is 0. The van der Waals surface area contributed by atoms with E-state index in [9.17, 15) is 9.90 Å². The van der Waals surface area contributed by atoms with Gasteiger partial charge in [-0.05, 0) is 12.8 Å². The Kier molecular flexibility index (Phi) is 3.79. The van der Waals surface area contributed by atoms with Crippen LogP contribution in [0.5, 0.6) is 0 Å². The zero-order valence-electron chi connectivity index (χ0n) is 9.11. The highest BCUT2D eigenvalue weighted by atomic mass is 16.3. The summed E-state index contributed by atoms with van der Waals surface area (Å²) in [6.07, 6.45) is -0.547. The topological polar surface area (TPSA) is 90.9 Å². The molecule has 1 amide bonds. The molecule has 3 N–H and O–H groups in total. The van der Waals surface area contributed by atoms with E-state index < -0.39 is 6.10 Å². The summed E-state index contributed by atoms with van der Waals surface area (Å²) in [4.78, 5) is 15.3. The van der Waals surface area contributed by atoms with Gasteiger partial charge in [-0.2, -0.15) is 0 Å². The maximum absolute atomic E-state index is 11.4. The second-order valence-electron chi connectivity index (χ2n) is 3.77. The lowest BCUT2D eigenvalue weighted by Gasteiger charge is -2.13. The molecule has 0 saturated carbocycles. The second kappa shape index (κ2) is 4.88. The molecule has 1 unspecified atom stereocenters. The van der Waals surface area contributed by atoms with Crippen LogP contribution in [0.3, 0.4) is 0 Å². The number of hydrogen-bond donors (Lipinski definition) is 3. The van der Waals surface area contributed by atoms with Gasteiger partial charge in [-0.3, -0.25) is 9.89 Å². The summed E-state index contributed by atoms with van der Waals surface area (Å²) < 4.78 is 0. The minimum Gasteiger partial charge on any atom is -0.391 e. The highest BCUT2D eigenvalue weighted by Crippen LogP contribution is 1.99. The van der Waals surface area contributed by atoms with Gasteiger partial charge < -0.3 is 10.4 Å². The minimum atomic E-state index is -0.547. The van der Waals surface area contributed by atoms with E-state index in [2.05, 4.69) is 20.5 Å². The number of aromatic amines is 1. The van der Waals surface area contributed by atoms with E-state index >= 15 is 0 Å². The lowest BCUT2D eigenvalue weighted by atomic mass is 10.1. The quantitative estimate of drug-likeness (QED) is 0.648. The van der Waals surface area contributed by atoms with Crippen LogP contribution >= 0.6 is 0 Å². The van der Waals surface area contributed by atoms with Gasteiger partial charge in [-0.1, -0.05) is 13.8 Å². The van der Waals surface area contributed by atoms with Crippen LogP contribution in [0.2, 0.25) is 0 Å². The fraction of sp³-hybridized carbons (Fsp3) is 0.667. The largest absolute Gasteiger partial charge is 0.391 e. The number of rotatable bonds is 4. The molecule has 0 fully saturated rings. The zero-order valence-corrected chi connectivity index (χ0v) is 9.11. The van der Waals surface area contributed by atoms with Gasteiger partial charge in [0.1, 0.15) is 5.82 Å². The van der Waals surface area contributed by atoms with Crippen molar-refractivity contribution >= 4 is 5.91 Å². The summed E-state index contributed by atoms with van der Waals surface area (Å²) in [7, 11) is 0. The number of hydrogen-bond acceptors (Lipinski definition) is 4. The predicted octanol–water partition coefficient (Wildman–Crippen LogP) is -0.140. The van der Waals surface area contributed by atoms with Crippen molar-refractivity contribution in [3.8, 4) is 0 Å². The molecule has 0 radical (unpaired) electrons. The monoisotopic (exact) mass is 212 g/mol. The molecule has 1 rings (SSSR count). The third-order valence-corrected chi connectivity index (χ3v) is 2.04. The van der Waals surface area contributed by atoms with Crippen LogP contribution in [0.25, 0.3) is 0 Å². The summed E-state index contributed by atoms with van der Waals surface area (Å²) in [5, 5.41) is 18.3. The molecule has 84 valence electrons. The van der Waals surface area contributed by atoms with Gasteiger partial charge in [-0.25, -0.2) is 4.98 Å². The summed E-state index contributed by atoms with van der Waals surface area (Å²) in [6.45, 7) is 5.69. The van der Waals surface area contributed by atoms with Crippen molar-refractivity contribution in [3.05, 3.63) is 11.6 Å². The predicted molar refractivity (Wildman–Crippen MR) is 54.3 cm³/mol. The number of nitrogens with one attached hydrogen (secondary N) is 2. The number of aromatic nitrogens is 3. The molecule has 0 aliphatic heterocycles. The summed E-state index contributed by atoms with van der Waals surface area (Å²) in [5.41, 5.74) is 0. The Morgan fingerprint density at radius 3 is 2.73 bits per heavy atom.